The highest BCUT2D eigenvalue weighted by molar-refractivity contribution is 7.16. The molecule has 0 radical (unpaired) electrons. The van der Waals surface area contributed by atoms with Crippen LogP contribution in [0.5, 0.6) is 0 Å². The number of benzene rings is 1. The molecule has 1 atom stereocenters. The summed E-state index contributed by atoms with van der Waals surface area (Å²) in [7, 11) is 0. The Labute approximate surface area is 122 Å². The van der Waals surface area contributed by atoms with E-state index in [1.165, 1.54) is 16.0 Å². The molecule has 1 aliphatic heterocycles. The molecule has 2 aromatic rings. The Balaban J connectivity index is 1.59. The van der Waals surface area contributed by atoms with E-state index in [-0.39, 0.29) is 0 Å². The topological polar surface area (TPSA) is 21.3 Å². The zero-order chi connectivity index (χ0) is 13.1. The van der Waals surface area contributed by atoms with Crippen molar-refractivity contribution in [2.45, 2.75) is 19.1 Å². The Kier molecular flexibility index (Phi) is 4.18. The Bertz CT molecular complexity index is 555. The third-order valence-corrected chi connectivity index (χ3v) is 4.65. The first-order valence-corrected chi connectivity index (χ1v) is 7.65. The third kappa shape index (κ3) is 3.18. The molecule has 0 saturated carbocycles. The lowest BCUT2D eigenvalue weighted by Gasteiger charge is -2.26. The molecule has 19 heavy (non-hydrogen) atoms. The predicted molar refractivity (Wildman–Crippen MR) is 79.9 cm³/mol. The molecule has 0 bridgehead atoms. The summed E-state index contributed by atoms with van der Waals surface area (Å²) in [6.45, 7) is 2.43. The number of ether oxygens (including phenoxy) is 1. The van der Waals surface area contributed by atoms with Gasteiger partial charge < -0.3 is 10.1 Å². The van der Waals surface area contributed by atoms with Crippen LogP contribution in [0.1, 0.15) is 22.0 Å². The first-order valence-electron chi connectivity index (χ1n) is 6.46. The maximum Gasteiger partial charge on any atom is 0.0931 e. The average Bonchev–Trinajstić information content (AvgIpc) is 2.85. The minimum absolute atomic E-state index is 0.306. The molecule has 1 aromatic carbocycles. The van der Waals surface area contributed by atoms with Crippen LogP contribution in [0.4, 0.5) is 0 Å². The summed E-state index contributed by atoms with van der Waals surface area (Å²) in [6, 6.07) is 12.9. The number of thiophene rings is 1. The summed E-state index contributed by atoms with van der Waals surface area (Å²) in [5, 5.41) is 3.57. The second kappa shape index (κ2) is 6.06. The summed E-state index contributed by atoms with van der Waals surface area (Å²) >= 11 is 7.59. The van der Waals surface area contributed by atoms with Gasteiger partial charge in [-0.05, 0) is 29.7 Å². The van der Waals surface area contributed by atoms with Crippen molar-refractivity contribution >= 4 is 22.9 Å². The molecular weight excluding hydrogens is 278 g/mol. The van der Waals surface area contributed by atoms with E-state index in [2.05, 4.69) is 35.6 Å². The first-order chi connectivity index (χ1) is 9.33. The molecule has 0 fully saturated rings. The van der Waals surface area contributed by atoms with Gasteiger partial charge in [0.2, 0.25) is 0 Å². The van der Waals surface area contributed by atoms with Crippen LogP contribution in [0.15, 0.2) is 36.4 Å². The number of halogens is 1. The van der Waals surface area contributed by atoms with E-state index >= 15 is 0 Å². The van der Waals surface area contributed by atoms with Crippen molar-refractivity contribution < 1.29 is 4.74 Å². The fourth-order valence-corrected chi connectivity index (χ4v) is 3.49. The van der Waals surface area contributed by atoms with E-state index in [4.69, 9.17) is 16.3 Å². The minimum atomic E-state index is 0.306. The van der Waals surface area contributed by atoms with Crippen LogP contribution < -0.4 is 5.32 Å². The Hall–Kier alpha value is -0.870. The third-order valence-electron chi connectivity index (χ3n) is 3.36. The molecule has 4 heteroatoms. The van der Waals surface area contributed by atoms with Crippen molar-refractivity contribution in [1.82, 2.24) is 5.32 Å². The van der Waals surface area contributed by atoms with Crippen molar-refractivity contribution in [2.75, 3.05) is 13.2 Å². The molecule has 1 unspecified atom stereocenters. The van der Waals surface area contributed by atoms with E-state index in [1.807, 2.05) is 6.07 Å². The normalized spacial score (nSPS) is 18.3. The standard InChI is InChI=1S/C15H16ClNOS/c16-15-6-5-12(19-15)7-8-17-14-10-18-9-11-3-1-2-4-13(11)14/h1-6,14,17H,7-10H2. The van der Waals surface area contributed by atoms with Gasteiger partial charge in [0.15, 0.2) is 0 Å². The first kappa shape index (κ1) is 13.1. The molecule has 1 aliphatic rings. The molecule has 1 N–H and O–H groups in total. The van der Waals surface area contributed by atoms with E-state index < -0.39 is 0 Å². The molecule has 1 aromatic heterocycles. The Morgan fingerprint density at radius 3 is 3.00 bits per heavy atom. The summed E-state index contributed by atoms with van der Waals surface area (Å²) in [4.78, 5) is 1.32. The highest BCUT2D eigenvalue weighted by Crippen LogP contribution is 2.25. The zero-order valence-electron chi connectivity index (χ0n) is 10.6. The van der Waals surface area contributed by atoms with Crippen molar-refractivity contribution in [3.05, 3.63) is 56.7 Å². The monoisotopic (exact) mass is 293 g/mol. The van der Waals surface area contributed by atoms with Crippen molar-refractivity contribution in [1.29, 1.82) is 0 Å². The lowest BCUT2D eigenvalue weighted by molar-refractivity contribution is 0.0824. The smallest absolute Gasteiger partial charge is 0.0931 e. The quantitative estimate of drug-likeness (QED) is 0.926. The highest BCUT2D eigenvalue weighted by atomic mass is 35.5. The van der Waals surface area contributed by atoms with Gasteiger partial charge in [-0.15, -0.1) is 11.3 Å². The number of fused-ring (bicyclic) bond motifs is 1. The lowest BCUT2D eigenvalue weighted by atomic mass is 9.99. The molecule has 0 aliphatic carbocycles. The molecule has 0 spiro atoms. The zero-order valence-corrected chi connectivity index (χ0v) is 12.1. The van der Waals surface area contributed by atoms with Crippen molar-refractivity contribution in [3.8, 4) is 0 Å². The highest BCUT2D eigenvalue weighted by Gasteiger charge is 2.19. The summed E-state index contributed by atoms with van der Waals surface area (Å²) < 4.78 is 6.50. The molecule has 0 amide bonds. The van der Waals surface area contributed by atoms with Crippen LogP contribution in [-0.4, -0.2) is 13.2 Å². The van der Waals surface area contributed by atoms with E-state index in [0.29, 0.717) is 6.04 Å². The predicted octanol–water partition coefficient (Wildman–Crippen LogP) is 3.81. The summed E-state index contributed by atoms with van der Waals surface area (Å²) in [6.07, 6.45) is 1.01. The van der Waals surface area contributed by atoms with Gasteiger partial charge in [0.05, 0.1) is 23.6 Å². The number of rotatable bonds is 4. The largest absolute Gasteiger partial charge is 0.375 e. The average molecular weight is 294 g/mol. The van der Waals surface area contributed by atoms with Crippen LogP contribution in [0.25, 0.3) is 0 Å². The van der Waals surface area contributed by atoms with Crippen LogP contribution >= 0.6 is 22.9 Å². The SMILES string of the molecule is Clc1ccc(CCNC2COCc3ccccc32)s1. The molecule has 0 saturated heterocycles. The molecule has 2 heterocycles. The fraction of sp³-hybridized carbons (Fsp3) is 0.333. The van der Waals surface area contributed by atoms with Gasteiger partial charge in [-0.3, -0.25) is 0 Å². The van der Waals surface area contributed by atoms with Crippen LogP contribution in [0.2, 0.25) is 4.34 Å². The van der Waals surface area contributed by atoms with Crippen LogP contribution in [0, 0.1) is 0 Å². The second-order valence-electron chi connectivity index (χ2n) is 4.68. The van der Waals surface area contributed by atoms with Gasteiger partial charge >= 0.3 is 0 Å². The summed E-state index contributed by atoms with van der Waals surface area (Å²) in [5.74, 6) is 0. The van der Waals surface area contributed by atoms with Gasteiger partial charge in [0, 0.05) is 11.4 Å². The molecular formula is C15H16ClNOS. The number of nitrogens with one attached hydrogen (secondary N) is 1. The van der Waals surface area contributed by atoms with Crippen LogP contribution in [-0.2, 0) is 17.8 Å². The number of hydrogen-bond donors (Lipinski definition) is 1. The van der Waals surface area contributed by atoms with E-state index in [9.17, 15) is 0 Å². The number of hydrogen-bond acceptors (Lipinski definition) is 3. The van der Waals surface area contributed by atoms with Crippen molar-refractivity contribution in [2.24, 2.45) is 0 Å². The maximum atomic E-state index is 5.93. The van der Waals surface area contributed by atoms with Gasteiger partial charge in [0.25, 0.3) is 0 Å². The fourth-order valence-electron chi connectivity index (χ4n) is 2.41. The molecule has 2 nitrogen and oxygen atoms in total. The van der Waals surface area contributed by atoms with E-state index in [1.54, 1.807) is 11.3 Å². The van der Waals surface area contributed by atoms with E-state index in [0.717, 1.165) is 30.5 Å². The second-order valence-corrected chi connectivity index (χ2v) is 6.48. The minimum Gasteiger partial charge on any atom is -0.375 e. The maximum absolute atomic E-state index is 5.93. The lowest BCUT2D eigenvalue weighted by Crippen LogP contribution is -2.31. The van der Waals surface area contributed by atoms with Gasteiger partial charge in [-0.2, -0.15) is 0 Å². The van der Waals surface area contributed by atoms with Gasteiger partial charge in [-0.25, -0.2) is 0 Å². The summed E-state index contributed by atoms with van der Waals surface area (Å²) in [5.41, 5.74) is 2.67. The molecule has 100 valence electrons. The Morgan fingerprint density at radius 2 is 2.16 bits per heavy atom. The Morgan fingerprint density at radius 1 is 1.26 bits per heavy atom. The van der Waals surface area contributed by atoms with Crippen LogP contribution in [0.3, 0.4) is 0 Å². The van der Waals surface area contributed by atoms with Crippen molar-refractivity contribution in [3.63, 3.8) is 0 Å². The van der Waals surface area contributed by atoms with Gasteiger partial charge in [-0.1, -0.05) is 35.9 Å². The molecule has 3 rings (SSSR count). The van der Waals surface area contributed by atoms with Gasteiger partial charge in [0.1, 0.15) is 0 Å².